The van der Waals surface area contributed by atoms with Gasteiger partial charge in [-0.05, 0) is 42.4 Å². The molecule has 3 atom stereocenters. The van der Waals surface area contributed by atoms with Gasteiger partial charge in [-0.15, -0.1) is 6.42 Å². The highest BCUT2D eigenvalue weighted by Gasteiger charge is 2.44. The Bertz CT molecular complexity index is 571. The predicted octanol–water partition coefficient (Wildman–Crippen LogP) is 3.01. The van der Waals surface area contributed by atoms with Crippen LogP contribution < -0.4 is 11.1 Å². The smallest absolute Gasteiger partial charge is 0.228 e. The molecule has 21 heavy (non-hydrogen) atoms. The summed E-state index contributed by atoms with van der Waals surface area (Å²) in [5, 5.41) is 3.00. The number of amides is 1. The number of carbonyl (C=O) groups excluding carboxylic acids is 1. The van der Waals surface area contributed by atoms with Gasteiger partial charge in [-0.25, -0.2) is 0 Å². The van der Waals surface area contributed by atoms with Gasteiger partial charge in [-0.2, -0.15) is 0 Å². The highest BCUT2D eigenvalue weighted by atomic mass is 16.1. The van der Waals surface area contributed by atoms with Gasteiger partial charge in [0.2, 0.25) is 5.91 Å². The highest BCUT2D eigenvalue weighted by molar-refractivity contribution is 5.93. The molecule has 0 saturated heterocycles. The fourth-order valence-corrected chi connectivity index (χ4v) is 3.24. The Balaban J connectivity index is 2.14. The van der Waals surface area contributed by atoms with Crippen molar-refractivity contribution >= 4 is 11.6 Å². The molecule has 3 heteroatoms. The van der Waals surface area contributed by atoms with Crippen LogP contribution >= 0.6 is 0 Å². The maximum Gasteiger partial charge on any atom is 0.228 e. The van der Waals surface area contributed by atoms with E-state index in [2.05, 4.69) is 32.0 Å². The van der Waals surface area contributed by atoms with Crippen molar-refractivity contribution in [3.8, 4) is 12.3 Å². The standard InChI is InChI=1S/C18H24N2O/c1-5-13-7-6-8-14(11-13)20-17(21)15-9-10-16(19)12(2)18(15,3)4/h1,6-8,11-12,15-16H,9-10,19H2,2-4H3,(H,20,21). The lowest BCUT2D eigenvalue weighted by atomic mass is 9.61. The summed E-state index contributed by atoms with van der Waals surface area (Å²) < 4.78 is 0. The molecule has 1 saturated carbocycles. The molecule has 0 spiro atoms. The van der Waals surface area contributed by atoms with E-state index in [1.54, 1.807) is 0 Å². The number of terminal acetylenes is 1. The van der Waals surface area contributed by atoms with Gasteiger partial charge in [-0.3, -0.25) is 4.79 Å². The quantitative estimate of drug-likeness (QED) is 0.820. The van der Waals surface area contributed by atoms with Gasteiger partial charge < -0.3 is 11.1 Å². The summed E-state index contributed by atoms with van der Waals surface area (Å²) >= 11 is 0. The van der Waals surface area contributed by atoms with E-state index in [1.807, 2.05) is 24.3 Å². The molecule has 2 rings (SSSR count). The summed E-state index contributed by atoms with van der Waals surface area (Å²) in [5.41, 5.74) is 7.57. The van der Waals surface area contributed by atoms with E-state index in [9.17, 15) is 4.79 Å². The molecule has 3 N–H and O–H groups in total. The van der Waals surface area contributed by atoms with Gasteiger partial charge in [0, 0.05) is 23.2 Å². The number of carbonyl (C=O) groups is 1. The third kappa shape index (κ3) is 3.11. The lowest BCUT2D eigenvalue weighted by Crippen LogP contribution is -2.50. The lowest BCUT2D eigenvalue weighted by Gasteiger charge is -2.46. The molecule has 1 aliphatic carbocycles. The van der Waals surface area contributed by atoms with Crippen molar-refractivity contribution in [1.29, 1.82) is 0 Å². The van der Waals surface area contributed by atoms with E-state index >= 15 is 0 Å². The number of anilines is 1. The molecule has 1 aliphatic rings. The third-order valence-electron chi connectivity index (χ3n) is 5.12. The van der Waals surface area contributed by atoms with E-state index < -0.39 is 0 Å². The second kappa shape index (κ2) is 5.91. The van der Waals surface area contributed by atoms with Crippen LogP contribution in [0.3, 0.4) is 0 Å². The van der Waals surface area contributed by atoms with Crippen molar-refractivity contribution in [3.63, 3.8) is 0 Å². The van der Waals surface area contributed by atoms with E-state index in [1.165, 1.54) is 0 Å². The number of nitrogens with two attached hydrogens (primary N) is 1. The lowest BCUT2D eigenvalue weighted by molar-refractivity contribution is -0.127. The molecule has 0 radical (unpaired) electrons. The molecule has 0 aliphatic heterocycles. The SMILES string of the molecule is C#Cc1cccc(NC(=O)C2CCC(N)C(C)C2(C)C)c1. The van der Waals surface area contributed by atoms with Crippen molar-refractivity contribution in [3.05, 3.63) is 29.8 Å². The predicted molar refractivity (Wildman–Crippen MR) is 86.7 cm³/mol. The van der Waals surface area contributed by atoms with Crippen molar-refractivity contribution in [2.45, 2.75) is 39.7 Å². The van der Waals surface area contributed by atoms with Gasteiger partial charge in [0.25, 0.3) is 0 Å². The average molecular weight is 284 g/mol. The molecule has 1 aromatic carbocycles. The molecular formula is C18H24N2O. The molecule has 3 nitrogen and oxygen atoms in total. The second-order valence-corrected chi connectivity index (χ2v) is 6.62. The van der Waals surface area contributed by atoms with Crippen molar-refractivity contribution in [1.82, 2.24) is 0 Å². The summed E-state index contributed by atoms with van der Waals surface area (Å²) in [6, 6.07) is 7.57. The first kappa shape index (κ1) is 15.6. The minimum absolute atomic E-state index is 0.0261. The first-order valence-electron chi connectivity index (χ1n) is 7.49. The number of benzene rings is 1. The van der Waals surface area contributed by atoms with Crippen LogP contribution in [0.2, 0.25) is 0 Å². The normalized spacial score (nSPS) is 27.7. The largest absolute Gasteiger partial charge is 0.327 e. The average Bonchev–Trinajstić information content (AvgIpc) is 2.45. The Morgan fingerprint density at radius 2 is 2.14 bits per heavy atom. The Morgan fingerprint density at radius 3 is 2.81 bits per heavy atom. The molecule has 112 valence electrons. The van der Waals surface area contributed by atoms with Crippen LogP contribution in [0.15, 0.2) is 24.3 Å². The van der Waals surface area contributed by atoms with Crippen LogP contribution in [0.4, 0.5) is 5.69 Å². The van der Waals surface area contributed by atoms with Crippen LogP contribution in [0.1, 0.15) is 39.2 Å². The fraction of sp³-hybridized carbons (Fsp3) is 0.500. The Labute approximate surface area is 127 Å². The van der Waals surface area contributed by atoms with Crippen LogP contribution in [-0.4, -0.2) is 11.9 Å². The molecule has 1 amide bonds. The van der Waals surface area contributed by atoms with E-state index in [0.717, 1.165) is 24.1 Å². The minimum atomic E-state index is -0.106. The van der Waals surface area contributed by atoms with E-state index in [-0.39, 0.29) is 23.3 Å². The summed E-state index contributed by atoms with van der Waals surface area (Å²) in [7, 11) is 0. The van der Waals surface area contributed by atoms with Crippen molar-refractivity contribution < 1.29 is 4.79 Å². The van der Waals surface area contributed by atoms with Crippen LogP contribution in [0, 0.1) is 29.6 Å². The Kier molecular flexibility index (Phi) is 4.39. The van der Waals surface area contributed by atoms with Crippen molar-refractivity contribution in [2.24, 2.45) is 23.0 Å². The zero-order valence-corrected chi connectivity index (χ0v) is 13.0. The molecule has 0 heterocycles. The minimum Gasteiger partial charge on any atom is -0.327 e. The molecular weight excluding hydrogens is 260 g/mol. The summed E-state index contributed by atoms with van der Waals surface area (Å²) in [6.45, 7) is 6.42. The fourth-order valence-electron chi connectivity index (χ4n) is 3.24. The molecule has 1 aromatic rings. The Morgan fingerprint density at radius 1 is 1.43 bits per heavy atom. The molecule has 0 bridgehead atoms. The molecule has 1 fully saturated rings. The van der Waals surface area contributed by atoms with E-state index in [0.29, 0.717) is 5.92 Å². The van der Waals surface area contributed by atoms with Gasteiger partial charge in [0.15, 0.2) is 0 Å². The van der Waals surface area contributed by atoms with E-state index in [4.69, 9.17) is 12.2 Å². The first-order chi connectivity index (χ1) is 9.86. The first-order valence-corrected chi connectivity index (χ1v) is 7.49. The van der Waals surface area contributed by atoms with Gasteiger partial charge in [0.05, 0.1) is 0 Å². The topological polar surface area (TPSA) is 55.1 Å². The maximum atomic E-state index is 12.6. The molecule has 0 aromatic heterocycles. The Hall–Kier alpha value is -1.79. The highest BCUT2D eigenvalue weighted by Crippen LogP contribution is 2.44. The summed E-state index contributed by atoms with van der Waals surface area (Å²) in [4.78, 5) is 12.6. The van der Waals surface area contributed by atoms with Crippen LogP contribution in [-0.2, 0) is 4.79 Å². The summed E-state index contributed by atoms with van der Waals surface area (Å²) in [6.07, 6.45) is 7.12. The monoisotopic (exact) mass is 284 g/mol. The third-order valence-corrected chi connectivity index (χ3v) is 5.12. The van der Waals surface area contributed by atoms with Crippen LogP contribution in [0.5, 0.6) is 0 Å². The van der Waals surface area contributed by atoms with Gasteiger partial charge in [0.1, 0.15) is 0 Å². The van der Waals surface area contributed by atoms with Crippen LogP contribution in [0.25, 0.3) is 0 Å². The number of hydrogen-bond donors (Lipinski definition) is 2. The zero-order valence-electron chi connectivity index (χ0n) is 13.0. The summed E-state index contributed by atoms with van der Waals surface area (Å²) in [5.74, 6) is 2.94. The maximum absolute atomic E-state index is 12.6. The number of hydrogen-bond acceptors (Lipinski definition) is 2. The number of nitrogens with one attached hydrogen (secondary N) is 1. The second-order valence-electron chi connectivity index (χ2n) is 6.62. The van der Waals surface area contributed by atoms with Gasteiger partial charge >= 0.3 is 0 Å². The zero-order chi connectivity index (χ0) is 15.6. The molecule has 3 unspecified atom stereocenters. The number of rotatable bonds is 2. The van der Waals surface area contributed by atoms with Crippen molar-refractivity contribution in [2.75, 3.05) is 5.32 Å². The van der Waals surface area contributed by atoms with Gasteiger partial charge in [-0.1, -0.05) is 32.8 Å².